The highest BCUT2D eigenvalue weighted by Gasteiger charge is 2.22. The van der Waals surface area contributed by atoms with E-state index in [4.69, 9.17) is 23.6 Å². The number of hydrogen-bond acceptors (Lipinski definition) is 8. The summed E-state index contributed by atoms with van der Waals surface area (Å²) >= 11 is 0. The second-order valence-corrected chi connectivity index (χ2v) is 5.93. The van der Waals surface area contributed by atoms with Crippen molar-refractivity contribution < 1.29 is 28.4 Å². The van der Waals surface area contributed by atoms with Gasteiger partial charge in [-0.1, -0.05) is 12.1 Å². The Morgan fingerprint density at radius 1 is 0.931 bits per heavy atom. The second kappa shape index (κ2) is 8.96. The summed E-state index contributed by atoms with van der Waals surface area (Å²) in [7, 11) is 4.61. The van der Waals surface area contributed by atoms with Gasteiger partial charge >= 0.3 is 0 Å². The number of aromatic nitrogens is 2. The molecular weight excluding hydrogens is 378 g/mol. The number of amides is 1. The molecule has 0 spiro atoms. The summed E-state index contributed by atoms with van der Waals surface area (Å²) in [6, 6.07) is 12.3. The number of benzene rings is 2. The first-order valence-electron chi connectivity index (χ1n) is 8.72. The monoisotopic (exact) mass is 399 g/mol. The fourth-order valence-electron chi connectivity index (χ4n) is 2.62. The Balaban J connectivity index is 1.76. The highest BCUT2D eigenvalue weighted by Crippen LogP contribution is 2.34. The van der Waals surface area contributed by atoms with E-state index in [9.17, 15) is 4.79 Å². The first kappa shape index (κ1) is 20.0. The number of hydrogen-bond donors (Lipinski definition) is 1. The minimum atomic E-state index is -0.818. The average Bonchev–Trinajstić information content (AvgIpc) is 3.21. The van der Waals surface area contributed by atoms with E-state index in [1.165, 1.54) is 14.2 Å². The molecule has 0 fully saturated rings. The molecule has 9 nitrogen and oxygen atoms in total. The van der Waals surface area contributed by atoms with Crippen molar-refractivity contribution in [2.75, 3.05) is 26.6 Å². The highest BCUT2D eigenvalue weighted by molar-refractivity contribution is 5.96. The van der Waals surface area contributed by atoms with Crippen LogP contribution in [0.25, 0.3) is 11.3 Å². The molecule has 3 aromatic rings. The molecule has 1 atom stereocenters. The Bertz CT molecular complexity index is 988. The number of anilines is 1. The summed E-state index contributed by atoms with van der Waals surface area (Å²) in [5, 5.41) is 10.3. The Labute approximate surface area is 167 Å². The van der Waals surface area contributed by atoms with Crippen LogP contribution in [-0.2, 0) is 4.79 Å². The number of nitrogens with zero attached hydrogens (tertiary/aromatic N) is 2. The van der Waals surface area contributed by atoms with Gasteiger partial charge in [0.2, 0.25) is 5.82 Å². The van der Waals surface area contributed by atoms with Crippen LogP contribution in [0.5, 0.6) is 23.0 Å². The van der Waals surface area contributed by atoms with Crippen molar-refractivity contribution in [3.63, 3.8) is 0 Å². The molecule has 0 aliphatic heterocycles. The number of rotatable bonds is 8. The molecule has 1 N–H and O–H groups in total. The number of methoxy groups -OCH3 is 3. The molecule has 0 saturated carbocycles. The Morgan fingerprint density at radius 3 is 2.28 bits per heavy atom. The van der Waals surface area contributed by atoms with Gasteiger partial charge in [-0.2, -0.15) is 0 Å². The van der Waals surface area contributed by atoms with E-state index in [0.717, 1.165) is 0 Å². The molecule has 0 bridgehead atoms. The number of carbonyl (C=O) groups is 1. The second-order valence-electron chi connectivity index (χ2n) is 5.93. The fraction of sp³-hybridized carbons (Fsp3) is 0.250. The van der Waals surface area contributed by atoms with Crippen molar-refractivity contribution in [2.45, 2.75) is 13.0 Å². The Hall–Kier alpha value is -3.75. The van der Waals surface area contributed by atoms with E-state index in [0.29, 0.717) is 34.3 Å². The molecule has 2 aromatic carbocycles. The summed E-state index contributed by atoms with van der Waals surface area (Å²) in [6.07, 6.45) is -0.818. The van der Waals surface area contributed by atoms with Crippen LogP contribution in [0, 0.1) is 0 Å². The number of carbonyl (C=O) groups excluding carboxylic acids is 1. The third kappa shape index (κ3) is 4.40. The summed E-state index contributed by atoms with van der Waals surface area (Å²) < 4.78 is 26.3. The summed E-state index contributed by atoms with van der Waals surface area (Å²) in [5.74, 6) is 1.80. The molecule has 1 heterocycles. The van der Waals surface area contributed by atoms with E-state index in [-0.39, 0.29) is 5.82 Å². The SMILES string of the molecule is COc1ccc(-c2nonc2NC(=O)[C@H](C)Oc2ccccc2OC)cc1OC. The van der Waals surface area contributed by atoms with E-state index in [2.05, 4.69) is 15.6 Å². The predicted molar refractivity (Wildman–Crippen MR) is 105 cm³/mol. The van der Waals surface area contributed by atoms with Crippen molar-refractivity contribution in [3.8, 4) is 34.3 Å². The zero-order valence-electron chi connectivity index (χ0n) is 16.5. The van der Waals surface area contributed by atoms with Crippen LogP contribution in [0.4, 0.5) is 5.82 Å². The lowest BCUT2D eigenvalue weighted by atomic mass is 10.1. The zero-order chi connectivity index (χ0) is 20.8. The maximum absolute atomic E-state index is 12.6. The fourth-order valence-corrected chi connectivity index (χ4v) is 2.62. The van der Waals surface area contributed by atoms with E-state index in [1.807, 2.05) is 6.07 Å². The van der Waals surface area contributed by atoms with Gasteiger partial charge < -0.3 is 24.3 Å². The average molecular weight is 399 g/mol. The molecule has 9 heteroatoms. The van der Waals surface area contributed by atoms with Crippen molar-refractivity contribution >= 4 is 11.7 Å². The van der Waals surface area contributed by atoms with Crippen LogP contribution in [0.3, 0.4) is 0 Å². The smallest absolute Gasteiger partial charge is 0.266 e. The van der Waals surface area contributed by atoms with E-state index >= 15 is 0 Å². The van der Waals surface area contributed by atoms with Crippen molar-refractivity contribution in [1.82, 2.24) is 10.3 Å². The van der Waals surface area contributed by atoms with Crippen LogP contribution >= 0.6 is 0 Å². The number of para-hydroxylation sites is 2. The van der Waals surface area contributed by atoms with Gasteiger partial charge in [0.1, 0.15) is 0 Å². The minimum absolute atomic E-state index is 0.165. The minimum Gasteiger partial charge on any atom is -0.493 e. The molecule has 0 aliphatic carbocycles. The normalized spacial score (nSPS) is 11.4. The molecule has 0 radical (unpaired) electrons. The molecule has 29 heavy (non-hydrogen) atoms. The van der Waals surface area contributed by atoms with Gasteiger partial charge in [-0.3, -0.25) is 4.79 Å². The summed E-state index contributed by atoms with van der Waals surface area (Å²) in [6.45, 7) is 1.62. The molecule has 152 valence electrons. The topological polar surface area (TPSA) is 105 Å². The molecule has 1 aromatic heterocycles. The van der Waals surface area contributed by atoms with Crippen molar-refractivity contribution in [1.29, 1.82) is 0 Å². The van der Waals surface area contributed by atoms with E-state index in [1.54, 1.807) is 50.4 Å². The summed E-state index contributed by atoms with van der Waals surface area (Å²) in [4.78, 5) is 12.6. The van der Waals surface area contributed by atoms with Crippen molar-refractivity contribution in [3.05, 3.63) is 42.5 Å². The number of ether oxygens (including phenoxy) is 4. The molecule has 3 rings (SSSR count). The van der Waals surface area contributed by atoms with Gasteiger partial charge in [-0.05, 0) is 47.6 Å². The lowest BCUT2D eigenvalue weighted by Gasteiger charge is -2.16. The predicted octanol–water partition coefficient (Wildman–Crippen LogP) is 3.17. The molecule has 1 amide bonds. The van der Waals surface area contributed by atoms with Crippen LogP contribution in [0.2, 0.25) is 0 Å². The van der Waals surface area contributed by atoms with Gasteiger partial charge in [0, 0.05) is 5.56 Å². The first-order chi connectivity index (χ1) is 14.1. The summed E-state index contributed by atoms with van der Waals surface area (Å²) in [5.41, 5.74) is 0.987. The highest BCUT2D eigenvalue weighted by atomic mass is 16.6. The van der Waals surface area contributed by atoms with E-state index < -0.39 is 12.0 Å². The lowest BCUT2D eigenvalue weighted by molar-refractivity contribution is -0.122. The zero-order valence-corrected chi connectivity index (χ0v) is 16.5. The third-order valence-corrected chi connectivity index (χ3v) is 4.13. The van der Waals surface area contributed by atoms with Crippen molar-refractivity contribution in [2.24, 2.45) is 0 Å². The van der Waals surface area contributed by atoms with Crippen LogP contribution < -0.4 is 24.3 Å². The van der Waals surface area contributed by atoms with Crippen LogP contribution in [-0.4, -0.2) is 43.7 Å². The molecule has 0 aliphatic rings. The Morgan fingerprint density at radius 2 is 1.59 bits per heavy atom. The standard InChI is InChI=1S/C20H21N3O6/c1-12(28-16-8-6-5-7-14(16)25-2)20(24)21-19-18(22-29-23-19)13-9-10-15(26-3)17(11-13)27-4/h5-12H,1-4H3,(H,21,23,24)/t12-/m0/s1. The molecular formula is C20H21N3O6. The Kier molecular flexibility index (Phi) is 6.18. The third-order valence-electron chi connectivity index (χ3n) is 4.13. The van der Waals surface area contributed by atoms with Gasteiger partial charge in [0.25, 0.3) is 5.91 Å². The van der Waals surface area contributed by atoms with Gasteiger partial charge in [-0.15, -0.1) is 0 Å². The van der Waals surface area contributed by atoms with Gasteiger partial charge in [-0.25, -0.2) is 4.63 Å². The van der Waals surface area contributed by atoms with Crippen LogP contribution in [0.1, 0.15) is 6.92 Å². The molecule has 0 unspecified atom stereocenters. The maximum atomic E-state index is 12.6. The molecule has 0 saturated heterocycles. The quantitative estimate of drug-likeness (QED) is 0.616. The number of nitrogens with one attached hydrogen (secondary N) is 1. The largest absolute Gasteiger partial charge is 0.493 e. The first-order valence-corrected chi connectivity index (χ1v) is 8.72. The maximum Gasteiger partial charge on any atom is 0.266 e. The van der Waals surface area contributed by atoms with Gasteiger partial charge in [0.05, 0.1) is 21.3 Å². The lowest BCUT2D eigenvalue weighted by Crippen LogP contribution is -2.30. The van der Waals surface area contributed by atoms with Gasteiger partial charge in [0.15, 0.2) is 34.8 Å². The van der Waals surface area contributed by atoms with Crippen LogP contribution in [0.15, 0.2) is 47.1 Å².